The Bertz CT molecular complexity index is 487. The van der Waals surface area contributed by atoms with Gasteiger partial charge in [-0.2, -0.15) is 0 Å². The van der Waals surface area contributed by atoms with Gasteiger partial charge in [0.25, 0.3) is 0 Å². The second-order valence-electron chi connectivity index (χ2n) is 4.48. The van der Waals surface area contributed by atoms with E-state index in [1.165, 1.54) is 5.56 Å². The number of ether oxygens (including phenoxy) is 1. The number of furan rings is 1. The zero-order chi connectivity index (χ0) is 13.0. The fraction of sp³-hybridized carbons (Fsp3) is 0.333. The molecule has 3 nitrogen and oxygen atoms in total. The average molecular weight is 245 g/mol. The SMILES string of the molecule is COc1ccc(CCC(N)c2coc(C)c2)cc1. The summed E-state index contributed by atoms with van der Waals surface area (Å²) in [7, 11) is 1.67. The second-order valence-corrected chi connectivity index (χ2v) is 4.48. The molecule has 0 saturated heterocycles. The predicted molar refractivity (Wildman–Crippen MR) is 71.7 cm³/mol. The van der Waals surface area contributed by atoms with Crippen molar-refractivity contribution in [1.82, 2.24) is 0 Å². The molecule has 0 bridgehead atoms. The molecule has 96 valence electrons. The van der Waals surface area contributed by atoms with Gasteiger partial charge in [0.1, 0.15) is 11.5 Å². The van der Waals surface area contributed by atoms with Crippen LogP contribution in [0.3, 0.4) is 0 Å². The molecule has 0 amide bonds. The van der Waals surface area contributed by atoms with Crippen LogP contribution in [0, 0.1) is 6.92 Å². The third-order valence-electron chi connectivity index (χ3n) is 3.08. The molecule has 2 rings (SSSR count). The maximum absolute atomic E-state index is 6.13. The molecule has 1 atom stereocenters. The number of rotatable bonds is 5. The van der Waals surface area contributed by atoms with Gasteiger partial charge in [-0.25, -0.2) is 0 Å². The van der Waals surface area contributed by atoms with Crippen LogP contribution in [0.15, 0.2) is 41.0 Å². The van der Waals surface area contributed by atoms with Crippen molar-refractivity contribution in [1.29, 1.82) is 0 Å². The monoisotopic (exact) mass is 245 g/mol. The molecular formula is C15H19NO2. The summed E-state index contributed by atoms with van der Waals surface area (Å²) < 4.78 is 10.4. The van der Waals surface area contributed by atoms with Gasteiger partial charge in [0.2, 0.25) is 0 Å². The number of aryl methyl sites for hydroxylation is 2. The number of benzene rings is 1. The number of methoxy groups -OCH3 is 1. The number of hydrogen-bond donors (Lipinski definition) is 1. The summed E-state index contributed by atoms with van der Waals surface area (Å²) in [5, 5.41) is 0. The maximum Gasteiger partial charge on any atom is 0.118 e. The van der Waals surface area contributed by atoms with Crippen LogP contribution in [-0.4, -0.2) is 7.11 Å². The molecule has 18 heavy (non-hydrogen) atoms. The van der Waals surface area contributed by atoms with Crippen molar-refractivity contribution in [2.45, 2.75) is 25.8 Å². The van der Waals surface area contributed by atoms with Crippen LogP contribution < -0.4 is 10.5 Å². The Labute approximate surface area is 108 Å². The normalized spacial score (nSPS) is 12.4. The van der Waals surface area contributed by atoms with Crippen molar-refractivity contribution < 1.29 is 9.15 Å². The molecule has 2 aromatic rings. The zero-order valence-electron chi connectivity index (χ0n) is 10.8. The zero-order valence-corrected chi connectivity index (χ0v) is 10.8. The largest absolute Gasteiger partial charge is 0.497 e. The molecule has 0 spiro atoms. The quantitative estimate of drug-likeness (QED) is 0.879. The highest BCUT2D eigenvalue weighted by molar-refractivity contribution is 5.27. The van der Waals surface area contributed by atoms with Crippen LogP contribution in [0.2, 0.25) is 0 Å². The van der Waals surface area contributed by atoms with Crippen molar-refractivity contribution in [3.63, 3.8) is 0 Å². The molecule has 3 heteroatoms. The van der Waals surface area contributed by atoms with E-state index < -0.39 is 0 Å². The molecule has 0 aliphatic carbocycles. The van der Waals surface area contributed by atoms with E-state index in [0.717, 1.165) is 29.9 Å². The van der Waals surface area contributed by atoms with Gasteiger partial charge in [-0.3, -0.25) is 0 Å². The fourth-order valence-electron chi connectivity index (χ4n) is 1.94. The van der Waals surface area contributed by atoms with Crippen LogP contribution >= 0.6 is 0 Å². The molecule has 0 fully saturated rings. The van der Waals surface area contributed by atoms with E-state index in [1.54, 1.807) is 13.4 Å². The van der Waals surface area contributed by atoms with E-state index in [0.29, 0.717) is 0 Å². The lowest BCUT2D eigenvalue weighted by Gasteiger charge is -2.09. The first-order valence-electron chi connectivity index (χ1n) is 6.12. The van der Waals surface area contributed by atoms with Crippen molar-refractivity contribution >= 4 is 0 Å². The minimum Gasteiger partial charge on any atom is -0.497 e. The van der Waals surface area contributed by atoms with Crippen molar-refractivity contribution in [3.05, 3.63) is 53.5 Å². The molecular weight excluding hydrogens is 226 g/mol. The third-order valence-corrected chi connectivity index (χ3v) is 3.08. The average Bonchev–Trinajstić information content (AvgIpc) is 2.83. The lowest BCUT2D eigenvalue weighted by molar-refractivity contribution is 0.414. The minimum absolute atomic E-state index is 0.0320. The summed E-state index contributed by atoms with van der Waals surface area (Å²) in [5.41, 5.74) is 8.47. The Hall–Kier alpha value is -1.74. The van der Waals surface area contributed by atoms with Gasteiger partial charge in [-0.1, -0.05) is 12.1 Å². The first-order chi connectivity index (χ1) is 8.69. The molecule has 0 aliphatic rings. The predicted octanol–water partition coefficient (Wildman–Crippen LogP) is 3.23. The standard InChI is InChI=1S/C15H19NO2/c1-11-9-13(10-18-11)15(16)8-5-12-3-6-14(17-2)7-4-12/h3-4,6-7,9-10,15H,5,8,16H2,1-2H3. The van der Waals surface area contributed by atoms with Crippen molar-refractivity contribution in [2.75, 3.05) is 7.11 Å². The highest BCUT2D eigenvalue weighted by Gasteiger charge is 2.08. The fourth-order valence-corrected chi connectivity index (χ4v) is 1.94. The van der Waals surface area contributed by atoms with E-state index in [9.17, 15) is 0 Å². The van der Waals surface area contributed by atoms with Gasteiger partial charge in [0, 0.05) is 11.6 Å². The first-order valence-corrected chi connectivity index (χ1v) is 6.12. The Morgan fingerprint density at radius 2 is 2.00 bits per heavy atom. The van der Waals surface area contributed by atoms with Gasteiger partial charge < -0.3 is 14.9 Å². The van der Waals surface area contributed by atoms with Crippen molar-refractivity contribution in [3.8, 4) is 5.75 Å². The van der Waals surface area contributed by atoms with Crippen LogP contribution in [0.4, 0.5) is 0 Å². The molecule has 2 N–H and O–H groups in total. The number of nitrogens with two attached hydrogens (primary N) is 1. The molecule has 0 radical (unpaired) electrons. The lowest BCUT2D eigenvalue weighted by atomic mass is 10.0. The van der Waals surface area contributed by atoms with Crippen LogP contribution in [0.5, 0.6) is 5.75 Å². The third kappa shape index (κ3) is 3.14. The Balaban J connectivity index is 1.90. The van der Waals surface area contributed by atoms with E-state index in [2.05, 4.69) is 12.1 Å². The second kappa shape index (κ2) is 5.74. The Morgan fingerprint density at radius 1 is 1.28 bits per heavy atom. The molecule has 1 aromatic carbocycles. The summed E-state index contributed by atoms with van der Waals surface area (Å²) >= 11 is 0. The Morgan fingerprint density at radius 3 is 2.56 bits per heavy atom. The summed E-state index contributed by atoms with van der Waals surface area (Å²) in [6, 6.07) is 10.1. The molecule has 0 aliphatic heterocycles. The topological polar surface area (TPSA) is 48.4 Å². The van der Waals surface area contributed by atoms with Gasteiger partial charge in [-0.15, -0.1) is 0 Å². The van der Waals surface area contributed by atoms with E-state index in [1.807, 2.05) is 25.1 Å². The molecule has 1 unspecified atom stereocenters. The number of hydrogen-bond acceptors (Lipinski definition) is 3. The van der Waals surface area contributed by atoms with Gasteiger partial charge in [0.15, 0.2) is 0 Å². The van der Waals surface area contributed by atoms with Gasteiger partial charge in [0.05, 0.1) is 13.4 Å². The molecule has 0 saturated carbocycles. The van der Waals surface area contributed by atoms with E-state index >= 15 is 0 Å². The smallest absolute Gasteiger partial charge is 0.118 e. The first kappa shape index (κ1) is 12.7. The van der Waals surface area contributed by atoms with Crippen LogP contribution in [0.25, 0.3) is 0 Å². The van der Waals surface area contributed by atoms with Crippen molar-refractivity contribution in [2.24, 2.45) is 5.73 Å². The molecule has 1 heterocycles. The summed E-state index contributed by atoms with van der Waals surface area (Å²) in [4.78, 5) is 0. The van der Waals surface area contributed by atoms with E-state index in [4.69, 9.17) is 14.9 Å². The maximum atomic E-state index is 6.13. The van der Waals surface area contributed by atoms with Crippen LogP contribution in [-0.2, 0) is 6.42 Å². The summed E-state index contributed by atoms with van der Waals surface area (Å²) in [5.74, 6) is 1.79. The summed E-state index contributed by atoms with van der Waals surface area (Å²) in [6.45, 7) is 1.93. The van der Waals surface area contributed by atoms with Gasteiger partial charge in [-0.05, 0) is 43.5 Å². The lowest BCUT2D eigenvalue weighted by Crippen LogP contribution is -2.10. The van der Waals surface area contributed by atoms with Crippen LogP contribution in [0.1, 0.15) is 29.3 Å². The van der Waals surface area contributed by atoms with E-state index in [-0.39, 0.29) is 6.04 Å². The highest BCUT2D eigenvalue weighted by atomic mass is 16.5. The molecule has 1 aromatic heterocycles. The minimum atomic E-state index is 0.0320. The highest BCUT2D eigenvalue weighted by Crippen LogP contribution is 2.20. The Kier molecular flexibility index (Phi) is 4.05. The summed E-state index contributed by atoms with van der Waals surface area (Å²) in [6.07, 6.45) is 3.61. The van der Waals surface area contributed by atoms with Gasteiger partial charge >= 0.3 is 0 Å².